The zero-order chi connectivity index (χ0) is 35.8. The lowest BCUT2D eigenvalue weighted by Crippen LogP contribution is -2.59. The molecule has 3 fully saturated rings. The summed E-state index contributed by atoms with van der Waals surface area (Å²) < 4.78 is 10.5. The quantitative estimate of drug-likeness (QED) is 0.216. The molecule has 6 atom stereocenters. The highest BCUT2D eigenvalue weighted by Gasteiger charge is 2.84. The molecule has 2 heterocycles. The summed E-state index contributed by atoms with van der Waals surface area (Å²) in [7, 11) is 0. The predicted molar refractivity (Wildman–Crippen MR) is 201 cm³/mol. The Labute approximate surface area is 308 Å². The summed E-state index contributed by atoms with van der Waals surface area (Å²) in [5, 5.41) is 23.0. The van der Waals surface area contributed by atoms with Crippen LogP contribution in [-0.4, -0.2) is 34.6 Å². The van der Waals surface area contributed by atoms with Crippen LogP contribution in [-0.2, 0) is 19.1 Å². The minimum atomic E-state index is -2.14. The number of hydrogen-bond acceptors (Lipinski definition) is 8. The third-order valence-electron chi connectivity index (χ3n) is 12.2. The Balaban J connectivity index is 1.54. The summed E-state index contributed by atoms with van der Waals surface area (Å²) in [6.45, 7) is 8.00. The maximum atomic E-state index is 14.7. The van der Waals surface area contributed by atoms with E-state index in [9.17, 15) is 20.1 Å². The van der Waals surface area contributed by atoms with E-state index in [2.05, 4.69) is 62.4 Å². The van der Waals surface area contributed by atoms with Crippen molar-refractivity contribution >= 4 is 45.3 Å². The van der Waals surface area contributed by atoms with E-state index in [1.54, 1.807) is 13.8 Å². The van der Waals surface area contributed by atoms with Crippen LogP contribution in [0.4, 0.5) is 0 Å². The second-order valence-corrected chi connectivity index (χ2v) is 17.4. The number of allylic oxidation sites excluding steroid dienone is 6. The van der Waals surface area contributed by atoms with Crippen molar-refractivity contribution in [1.82, 2.24) is 0 Å². The number of nitrogens with zero attached hydrogens (tertiary/aromatic N) is 2. The van der Waals surface area contributed by atoms with Gasteiger partial charge in [0.25, 0.3) is 0 Å². The SMILES string of the molecule is CCOC(=O)C1(C#N)C2C3=C4C=C(c5ccccc5)SC4(C)C4(C)SC(c5ccccc5)=CC4=C3C(C2=C2CCCCC2)C1(C#N)C(=O)OCC. The molecule has 8 heteroatoms. The van der Waals surface area contributed by atoms with Crippen LogP contribution in [0.15, 0.2) is 106 Å². The largest absolute Gasteiger partial charge is 0.465 e. The van der Waals surface area contributed by atoms with Crippen LogP contribution in [0, 0.1) is 45.3 Å². The number of hydrogen-bond donors (Lipinski definition) is 0. The molecular weight excluding hydrogens is 673 g/mol. The van der Waals surface area contributed by atoms with Gasteiger partial charge in [-0.05, 0) is 98.9 Å². The fraction of sp³-hybridized carbons (Fsp3) is 0.395. The Morgan fingerprint density at radius 1 is 0.706 bits per heavy atom. The average Bonchev–Trinajstić information content (AvgIpc) is 3.88. The number of nitriles is 2. The van der Waals surface area contributed by atoms with Crippen molar-refractivity contribution in [2.75, 3.05) is 13.2 Å². The summed E-state index contributed by atoms with van der Waals surface area (Å²) in [5.74, 6) is -3.32. The van der Waals surface area contributed by atoms with Crippen molar-refractivity contribution in [3.8, 4) is 12.1 Å². The topological polar surface area (TPSA) is 100 Å². The highest BCUT2D eigenvalue weighted by Crippen LogP contribution is 2.80. The number of rotatable bonds is 6. The van der Waals surface area contributed by atoms with Gasteiger partial charge in [0, 0.05) is 21.6 Å². The summed E-state index contributed by atoms with van der Waals surface area (Å²) in [5.41, 5.74) is 3.93. The lowest BCUT2D eigenvalue weighted by atomic mass is 9.51. The molecule has 6 nitrogen and oxygen atoms in total. The molecule has 0 saturated heterocycles. The van der Waals surface area contributed by atoms with Crippen molar-refractivity contribution in [1.29, 1.82) is 10.5 Å². The molecule has 2 bridgehead atoms. The Morgan fingerprint density at radius 2 is 1.12 bits per heavy atom. The number of ether oxygens (including phenoxy) is 2. The molecule has 2 aromatic rings. The van der Waals surface area contributed by atoms with E-state index in [0.717, 1.165) is 86.5 Å². The molecule has 2 aromatic carbocycles. The average molecular weight is 713 g/mol. The van der Waals surface area contributed by atoms with E-state index in [4.69, 9.17) is 9.47 Å². The van der Waals surface area contributed by atoms with Gasteiger partial charge in [0.1, 0.15) is 0 Å². The molecule has 4 aliphatic carbocycles. The molecule has 0 N–H and O–H groups in total. The molecule has 6 unspecified atom stereocenters. The molecule has 0 radical (unpaired) electrons. The molecule has 258 valence electrons. The standard InChI is InChI=1S/C43H40N2O4S2/c1-5-48-38(46)42(24-44)36-33(28-20-14-9-15-21-28)37(43(42,25-45)39(47)49-6-2)35-30-23-32(27-18-12-8-13-19-27)51-41(30,4)40(3)29(34(35)36)22-31(50-40)26-16-10-7-11-17-26/h7-8,10-13,16-19,22-23,36-37H,5-6,9,14-15,20-21H2,1-4H3. The van der Waals surface area contributed by atoms with Gasteiger partial charge in [-0.25, -0.2) is 0 Å². The first kappa shape index (κ1) is 33.9. The lowest BCUT2D eigenvalue weighted by Gasteiger charge is -2.51. The van der Waals surface area contributed by atoms with Gasteiger partial charge in [0.2, 0.25) is 0 Å². The summed E-state index contributed by atoms with van der Waals surface area (Å²) in [4.78, 5) is 31.5. The Kier molecular flexibility index (Phi) is 8.09. The van der Waals surface area contributed by atoms with Gasteiger partial charge in [0.05, 0.1) is 34.8 Å². The monoisotopic (exact) mass is 712 g/mol. The van der Waals surface area contributed by atoms with E-state index in [-0.39, 0.29) is 13.2 Å². The van der Waals surface area contributed by atoms with Crippen LogP contribution in [0.2, 0.25) is 0 Å². The maximum absolute atomic E-state index is 14.7. The minimum absolute atomic E-state index is 0.0131. The van der Waals surface area contributed by atoms with E-state index < -0.39 is 44.1 Å². The molecule has 6 aliphatic rings. The van der Waals surface area contributed by atoms with Crippen LogP contribution >= 0.6 is 23.5 Å². The minimum Gasteiger partial charge on any atom is -0.465 e. The van der Waals surface area contributed by atoms with Crippen molar-refractivity contribution < 1.29 is 19.1 Å². The molecule has 3 saturated carbocycles. The molecule has 2 aliphatic heterocycles. The Morgan fingerprint density at radius 3 is 1.49 bits per heavy atom. The number of esters is 2. The summed E-state index contributed by atoms with van der Waals surface area (Å²) in [6, 6.07) is 25.4. The van der Waals surface area contributed by atoms with E-state index in [1.807, 2.05) is 59.9 Å². The summed E-state index contributed by atoms with van der Waals surface area (Å²) >= 11 is 3.65. The van der Waals surface area contributed by atoms with Crippen molar-refractivity contribution in [2.45, 2.75) is 69.3 Å². The molecule has 8 rings (SSSR count). The maximum Gasteiger partial charge on any atom is 0.329 e. The second-order valence-electron chi connectivity index (χ2n) is 14.4. The van der Waals surface area contributed by atoms with Crippen LogP contribution in [0.1, 0.15) is 70.9 Å². The second kappa shape index (κ2) is 12.2. The Hall–Kier alpha value is -4.24. The van der Waals surface area contributed by atoms with Crippen LogP contribution < -0.4 is 0 Å². The third-order valence-corrected chi connectivity index (χ3v) is 15.6. The first-order valence-corrected chi connectivity index (χ1v) is 19.6. The zero-order valence-electron chi connectivity index (χ0n) is 29.4. The van der Waals surface area contributed by atoms with Gasteiger partial charge in [-0.15, -0.1) is 23.5 Å². The fourth-order valence-electron chi connectivity index (χ4n) is 9.88. The van der Waals surface area contributed by atoms with E-state index >= 15 is 0 Å². The van der Waals surface area contributed by atoms with Crippen molar-refractivity contribution in [3.05, 3.63) is 117 Å². The molecule has 51 heavy (non-hydrogen) atoms. The van der Waals surface area contributed by atoms with Gasteiger partial charge in [-0.3, -0.25) is 9.59 Å². The number of fused-ring (bicyclic) bond motifs is 8. The molecule has 0 spiro atoms. The smallest absolute Gasteiger partial charge is 0.329 e. The Bertz CT molecular complexity index is 1970. The first-order valence-electron chi connectivity index (χ1n) is 18.0. The van der Waals surface area contributed by atoms with Crippen LogP contribution in [0.5, 0.6) is 0 Å². The van der Waals surface area contributed by atoms with Gasteiger partial charge in [-0.1, -0.05) is 78.2 Å². The van der Waals surface area contributed by atoms with E-state index in [1.165, 1.54) is 0 Å². The van der Waals surface area contributed by atoms with E-state index in [0.29, 0.717) is 0 Å². The predicted octanol–water partition coefficient (Wildman–Crippen LogP) is 9.35. The summed E-state index contributed by atoms with van der Waals surface area (Å²) in [6.07, 6.45) is 9.16. The number of carbonyl (C=O) groups is 2. The van der Waals surface area contributed by atoms with Gasteiger partial charge in [0.15, 0.2) is 10.8 Å². The normalized spacial score (nSPS) is 33.1. The molecular formula is C43H40N2O4S2. The van der Waals surface area contributed by atoms with Crippen molar-refractivity contribution in [3.63, 3.8) is 0 Å². The van der Waals surface area contributed by atoms with Crippen LogP contribution in [0.25, 0.3) is 9.81 Å². The van der Waals surface area contributed by atoms with Gasteiger partial charge in [-0.2, -0.15) is 10.5 Å². The zero-order valence-corrected chi connectivity index (χ0v) is 31.0. The molecule has 0 amide bonds. The highest BCUT2D eigenvalue weighted by atomic mass is 32.2. The van der Waals surface area contributed by atoms with Gasteiger partial charge < -0.3 is 9.47 Å². The highest BCUT2D eigenvalue weighted by molar-refractivity contribution is 8.14. The van der Waals surface area contributed by atoms with Crippen LogP contribution in [0.3, 0.4) is 0 Å². The molecule has 0 aromatic heterocycles. The number of benzene rings is 2. The lowest BCUT2D eigenvalue weighted by molar-refractivity contribution is -0.172. The van der Waals surface area contributed by atoms with Gasteiger partial charge >= 0.3 is 11.9 Å². The fourth-order valence-corrected chi connectivity index (χ4v) is 13.0. The third kappa shape index (κ3) is 4.24. The number of thioether (sulfide) groups is 2. The number of carbonyl (C=O) groups excluding carboxylic acids is 2. The van der Waals surface area contributed by atoms with Crippen molar-refractivity contribution in [2.24, 2.45) is 22.7 Å². The first-order chi connectivity index (χ1) is 24.7.